The summed E-state index contributed by atoms with van der Waals surface area (Å²) < 4.78 is 10.0. The van der Waals surface area contributed by atoms with Crippen molar-refractivity contribution < 1.29 is 28.7 Å². The molecule has 9 nitrogen and oxygen atoms in total. The van der Waals surface area contributed by atoms with Crippen LogP contribution in [-0.2, 0) is 14.3 Å². The third-order valence-corrected chi connectivity index (χ3v) is 5.91. The third-order valence-electron chi connectivity index (χ3n) is 5.56. The molecule has 4 rings (SSSR count). The van der Waals surface area contributed by atoms with Crippen LogP contribution in [0.2, 0.25) is 0 Å². The number of benzene rings is 3. The van der Waals surface area contributed by atoms with Crippen LogP contribution in [0.25, 0.3) is 0 Å². The van der Waals surface area contributed by atoms with Gasteiger partial charge < -0.3 is 20.1 Å². The van der Waals surface area contributed by atoms with Gasteiger partial charge in [0, 0.05) is 16.9 Å². The zero-order chi connectivity index (χ0) is 26.7. The number of halogens is 1. The molecule has 37 heavy (non-hydrogen) atoms. The Kier molecular flexibility index (Phi) is 7.26. The highest BCUT2D eigenvalue weighted by atomic mass is 35.5. The van der Waals surface area contributed by atoms with E-state index in [2.05, 4.69) is 10.6 Å². The molecule has 0 radical (unpaired) electrons. The highest BCUT2D eigenvalue weighted by molar-refractivity contribution is 6.53. The van der Waals surface area contributed by atoms with Crippen LogP contribution < -0.4 is 20.3 Å². The second-order valence-electron chi connectivity index (χ2n) is 8.04. The van der Waals surface area contributed by atoms with Crippen LogP contribution in [0.3, 0.4) is 0 Å². The highest BCUT2D eigenvalue weighted by Gasteiger charge is 2.40. The van der Waals surface area contributed by atoms with E-state index in [1.807, 2.05) is 6.92 Å². The third kappa shape index (κ3) is 5.17. The van der Waals surface area contributed by atoms with E-state index < -0.39 is 23.7 Å². The normalized spacial score (nSPS) is 13.0. The molecule has 10 heteroatoms. The van der Waals surface area contributed by atoms with E-state index in [0.29, 0.717) is 28.3 Å². The average molecular weight is 520 g/mol. The molecule has 3 aromatic rings. The lowest BCUT2D eigenvalue weighted by atomic mass is 10.1. The molecule has 0 unspecified atom stereocenters. The van der Waals surface area contributed by atoms with E-state index in [0.717, 1.165) is 10.5 Å². The Morgan fingerprint density at radius 2 is 1.59 bits per heavy atom. The van der Waals surface area contributed by atoms with Gasteiger partial charge in [0.05, 0.1) is 25.5 Å². The molecular formula is C27H22ClN3O6. The number of nitrogens with one attached hydrogen (secondary N) is 2. The number of nitrogens with zero attached hydrogens (tertiary/aromatic N) is 1. The number of imide groups is 1. The first-order chi connectivity index (χ1) is 17.7. The minimum Gasteiger partial charge on any atom is -0.495 e. The maximum atomic E-state index is 13.1. The summed E-state index contributed by atoms with van der Waals surface area (Å²) in [7, 11) is 2.72. The van der Waals surface area contributed by atoms with Crippen LogP contribution in [0.4, 0.5) is 17.1 Å². The molecule has 0 saturated heterocycles. The van der Waals surface area contributed by atoms with Crippen molar-refractivity contribution in [1.29, 1.82) is 0 Å². The summed E-state index contributed by atoms with van der Waals surface area (Å²) in [6.45, 7) is 1.83. The SMILES string of the molecule is COC(=O)c1cccc(NC(=O)c2ccc(NC3=C(Cl)C(=O)N(c4cc(C)ccc4OC)C3=O)cc2)c1. The predicted molar refractivity (Wildman–Crippen MR) is 139 cm³/mol. The molecule has 0 aromatic heterocycles. The Morgan fingerprint density at radius 3 is 2.27 bits per heavy atom. The molecule has 0 atom stereocenters. The van der Waals surface area contributed by atoms with Gasteiger partial charge in [-0.25, -0.2) is 9.69 Å². The lowest BCUT2D eigenvalue weighted by Crippen LogP contribution is -2.32. The van der Waals surface area contributed by atoms with E-state index in [9.17, 15) is 19.2 Å². The molecular weight excluding hydrogens is 498 g/mol. The van der Waals surface area contributed by atoms with Crippen molar-refractivity contribution in [2.75, 3.05) is 29.8 Å². The second-order valence-corrected chi connectivity index (χ2v) is 8.42. The minimum atomic E-state index is -0.678. The Balaban J connectivity index is 1.49. The van der Waals surface area contributed by atoms with Crippen LogP contribution in [0.5, 0.6) is 5.75 Å². The van der Waals surface area contributed by atoms with Gasteiger partial charge in [-0.05, 0) is 67.1 Å². The van der Waals surface area contributed by atoms with Crippen molar-refractivity contribution in [3.05, 3.63) is 94.1 Å². The molecule has 0 spiro atoms. The van der Waals surface area contributed by atoms with Gasteiger partial charge in [-0.1, -0.05) is 23.7 Å². The highest BCUT2D eigenvalue weighted by Crippen LogP contribution is 2.36. The Bertz CT molecular complexity index is 1450. The number of carbonyl (C=O) groups is 4. The number of amides is 3. The van der Waals surface area contributed by atoms with Crippen LogP contribution in [-0.4, -0.2) is 37.9 Å². The molecule has 3 aromatic carbocycles. The molecule has 3 amide bonds. The van der Waals surface area contributed by atoms with Crippen molar-refractivity contribution >= 4 is 52.4 Å². The van der Waals surface area contributed by atoms with Gasteiger partial charge >= 0.3 is 5.97 Å². The number of ether oxygens (including phenoxy) is 2. The monoisotopic (exact) mass is 519 g/mol. The van der Waals surface area contributed by atoms with E-state index in [1.54, 1.807) is 60.7 Å². The summed E-state index contributed by atoms with van der Waals surface area (Å²) in [4.78, 5) is 51.3. The second kappa shape index (κ2) is 10.5. The van der Waals surface area contributed by atoms with Gasteiger partial charge in [0.25, 0.3) is 17.7 Å². The zero-order valence-corrected chi connectivity index (χ0v) is 20.9. The molecule has 1 aliphatic heterocycles. The van der Waals surface area contributed by atoms with E-state index in [-0.39, 0.29) is 16.4 Å². The van der Waals surface area contributed by atoms with E-state index in [4.69, 9.17) is 21.1 Å². The number of rotatable bonds is 7. The average Bonchev–Trinajstić information content (AvgIpc) is 3.11. The molecule has 0 fully saturated rings. The lowest BCUT2D eigenvalue weighted by molar-refractivity contribution is -0.120. The van der Waals surface area contributed by atoms with Gasteiger partial charge in [-0.3, -0.25) is 14.4 Å². The number of hydrogen-bond acceptors (Lipinski definition) is 7. The van der Waals surface area contributed by atoms with E-state index >= 15 is 0 Å². The summed E-state index contributed by atoms with van der Waals surface area (Å²) >= 11 is 6.24. The number of anilines is 3. The van der Waals surface area contributed by atoms with Crippen molar-refractivity contribution in [1.82, 2.24) is 0 Å². The summed E-state index contributed by atoms with van der Waals surface area (Å²) in [6, 6.07) is 17.7. The maximum Gasteiger partial charge on any atom is 0.337 e. The van der Waals surface area contributed by atoms with Crippen molar-refractivity contribution in [3.8, 4) is 5.75 Å². The molecule has 2 N–H and O–H groups in total. The van der Waals surface area contributed by atoms with Gasteiger partial charge in [0.2, 0.25) is 0 Å². The minimum absolute atomic E-state index is 0.0907. The van der Waals surface area contributed by atoms with Crippen LogP contribution in [0.1, 0.15) is 26.3 Å². The lowest BCUT2D eigenvalue weighted by Gasteiger charge is -2.18. The molecule has 188 valence electrons. The van der Waals surface area contributed by atoms with Gasteiger partial charge in [-0.2, -0.15) is 0 Å². The summed E-state index contributed by atoms with van der Waals surface area (Å²) in [5.74, 6) is -1.88. The van der Waals surface area contributed by atoms with Crippen molar-refractivity contribution in [3.63, 3.8) is 0 Å². The van der Waals surface area contributed by atoms with Gasteiger partial charge in [-0.15, -0.1) is 0 Å². The quantitative estimate of drug-likeness (QED) is 0.349. The molecule has 1 aliphatic rings. The van der Waals surface area contributed by atoms with Crippen molar-refractivity contribution in [2.24, 2.45) is 0 Å². The smallest absolute Gasteiger partial charge is 0.337 e. The molecule has 0 saturated carbocycles. The van der Waals surface area contributed by atoms with Crippen LogP contribution in [0.15, 0.2) is 77.5 Å². The molecule has 0 aliphatic carbocycles. The zero-order valence-electron chi connectivity index (χ0n) is 20.1. The standard InChI is InChI=1S/C27H22ClN3O6/c1-15-7-12-21(36-2)20(13-15)31-25(33)22(28)23(26(31)34)29-18-10-8-16(9-11-18)24(32)30-19-6-4-5-17(14-19)27(35)37-3/h4-14,29H,1-3H3,(H,30,32). The fourth-order valence-corrected chi connectivity index (χ4v) is 3.91. The molecule has 0 bridgehead atoms. The summed E-state index contributed by atoms with van der Waals surface area (Å²) in [6.07, 6.45) is 0. The fourth-order valence-electron chi connectivity index (χ4n) is 3.70. The molecule has 1 heterocycles. The maximum absolute atomic E-state index is 13.1. The topological polar surface area (TPSA) is 114 Å². The number of esters is 1. The largest absolute Gasteiger partial charge is 0.495 e. The Labute approximate surface area is 217 Å². The number of carbonyl (C=O) groups excluding carboxylic acids is 4. The van der Waals surface area contributed by atoms with Crippen LogP contribution in [0, 0.1) is 6.92 Å². The Hall–Kier alpha value is -4.63. The number of hydrogen-bond donors (Lipinski definition) is 2. The van der Waals surface area contributed by atoms with E-state index in [1.165, 1.54) is 20.3 Å². The summed E-state index contributed by atoms with van der Waals surface area (Å²) in [5.41, 5.74) is 2.53. The predicted octanol–water partition coefficient (Wildman–Crippen LogP) is 4.48. The summed E-state index contributed by atoms with van der Waals surface area (Å²) in [5, 5.41) is 5.33. The first-order valence-corrected chi connectivity index (χ1v) is 11.4. The van der Waals surface area contributed by atoms with Crippen LogP contribution >= 0.6 is 11.6 Å². The van der Waals surface area contributed by atoms with Gasteiger partial charge in [0.1, 0.15) is 16.5 Å². The van der Waals surface area contributed by atoms with Gasteiger partial charge in [0.15, 0.2) is 0 Å². The first-order valence-electron chi connectivity index (χ1n) is 11.0. The number of methoxy groups -OCH3 is 2. The van der Waals surface area contributed by atoms with Crippen molar-refractivity contribution in [2.45, 2.75) is 6.92 Å². The Morgan fingerprint density at radius 1 is 0.865 bits per heavy atom. The first kappa shape index (κ1) is 25.5. The fraction of sp³-hybridized carbons (Fsp3) is 0.111. The number of aryl methyl sites for hydroxylation is 1.